The van der Waals surface area contributed by atoms with E-state index in [0.717, 1.165) is 50.7 Å². The molecule has 0 N–H and O–H groups in total. The van der Waals surface area contributed by atoms with Crippen LogP contribution in [0.3, 0.4) is 0 Å². The highest BCUT2D eigenvalue weighted by Crippen LogP contribution is 2.51. The largest absolute Gasteiger partial charge is 0.444 e. The summed E-state index contributed by atoms with van der Waals surface area (Å²) in [6.45, 7) is 12.7. The van der Waals surface area contributed by atoms with Crippen LogP contribution in [0.1, 0.15) is 65.5 Å². The van der Waals surface area contributed by atoms with Gasteiger partial charge in [-0.1, -0.05) is 6.92 Å². The molecule has 1 aromatic heterocycles. The number of hydrogen-bond acceptors (Lipinski definition) is 7. The maximum atomic E-state index is 15.3. The Hall–Kier alpha value is -3.39. The Labute approximate surface area is 286 Å². The minimum absolute atomic E-state index is 0.0861. The number of carbonyl (C=O) groups is 1. The molecule has 3 aliphatic rings. The monoisotopic (exact) mass is 707 g/mol. The number of alkyl halides is 3. The summed E-state index contributed by atoms with van der Waals surface area (Å²) in [5.41, 5.74) is -2.92. The lowest BCUT2D eigenvalue weighted by Gasteiger charge is -2.41. The quantitative estimate of drug-likeness (QED) is 0.254. The second-order valence-corrected chi connectivity index (χ2v) is 15.3. The molecule has 0 aliphatic carbocycles. The lowest BCUT2D eigenvalue weighted by molar-refractivity contribution is -0.137. The Kier molecular flexibility index (Phi) is 9.68. The number of aromatic nitrogens is 2. The lowest BCUT2D eigenvalue weighted by Crippen LogP contribution is -2.55. The summed E-state index contributed by atoms with van der Waals surface area (Å²) in [4.78, 5) is 37.2. The number of rotatable bonds is 5. The smallest absolute Gasteiger partial charge is 0.417 e. The van der Waals surface area contributed by atoms with Crippen LogP contribution < -0.4 is 10.6 Å². The third-order valence-electron chi connectivity index (χ3n) is 9.75. The minimum atomic E-state index is -4.91. The first-order valence-electron chi connectivity index (χ1n) is 16.8. The molecule has 266 valence electrons. The van der Waals surface area contributed by atoms with Crippen LogP contribution in [-0.4, -0.2) is 82.1 Å². The second kappa shape index (κ2) is 13.4. The van der Waals surface area contributed by atoms with Crippen LogP contribution in [-0.2, 0) is 10.9 Å². The van der Waals surface area contributed by atoms with Crippen molar-refractivity contribution in [2.75, 3.05) is 49.9 Å². The predicted octanol–water partition coefficient (Wildman–Crippen LogP) is 7.57. The highest BCUT2D eigenvalue weighted by Gasteiger charge is 2.41. The van der Waals surface area contributed by atoms with Gasteiger partial charge >= 0.3 is 18.0 Å². The number of amides is 1. The molecule has 0 spiro atoms. The molecule has 8 nitrogen and oxygen atoms in total. The van der Waals surface area contributed by atoms with Crippen LogP contribution in [0.4, 0.5) is 32.6 Å². The van der Waals surface area contributed by atoms with E-state index in [0.29, 0.717) is 24.2 Å². The highest BCUT2D eigenvalue weighted by atomic mass is 32.2. The molecule has 4 heterocycles. The number of halogens is 5. The molecule has 14 heteroatoms. The number of piperazine rings is 1. The molecule has 1 amide bonds. The van der Waals surface area contributed by atoms with Crippen LogP contribution in [0.15, 0.2) is 34.0 Å². The van der Waals surface area contributed by atoms with Crippen molar-refractivity contribution in [2.24, 2.45) is 5.92 Å². The van der Waals surface area contributed by atoms with Gasteiger partial charge in [-0.2, -0.15) is 18.2 Å². The van der Waals surface area contributed by atoms with Crippen molar-refractivity contribution in [3.8, 4) is 11.1 Å². The molecule has 2 saturated heterocycles. The third-order valence-corrected chi connectivity index (χ3v) is 11.0. The Balaban J connectivity index is 1.51. The number of carbonyl (C=O) groups excluding carboxylic acids is 1. The molecular formula is C35H42F5N5O3S. The van der Waals surface area contributed by atoms with Gasteiger partial charge in [0.1, 0.15) is 23.1 Å². The number of benzene rings is 2. The first-order valence-corrected chi connectivity index (χ1v) is 17.8. The lowest BCUT2D eigenvalue weighted by atomic mass is 9.90. The molecule has 6 rings (SSSR count). The molecule has 0 saturated carbocycles. The SMILES string of the molecule is CCN1CCC(C[C@H]2CSc3c(-c4ccc(F)cc4F)c(C(F)(F)F)cc4c(N5CCN(C(=O)OC(C)(C)C)C[C@@H]5C)nc(=O)n2c34)CC1. The Morgan fingerprint density at radius 3 is 2.39 bits per heavy atom. The number of anilines is 1. The number of hydrogen-bond donors (Lipinski definition) is 0. The highest BCUT2D eigenvalue weighted by molar-refractivity contribution is 7.99. The van der Waals surface area contributed by atoms with E-state index in [4.69, 9.17) is 4.74 Å². The standard InChI is InChI=1S/C35H42F5N5O3S/c1-6-42-11-9-21(10-12-42)15-23-19-49-30-28(24-8-7-22(36)16-27(24)37)26(35(38,39)40)17-25-29(30)45(23)32(46)41-31(25)44-14-13-43(18-20(44)2)33(47)48-34(3,4)5/h7-8,16-17,20-21,23H,6,9-15,18-19H2,1-5H3/t20-,23-/m0/s1. The van der Waals surface area contributed by atoms with Crippen molar-refractivity contribution in [1.29, 1.82) is 0 Å². The number of nitrogens with zero attached hydrogens (tertiary/aromatic N) is 5. The molecule has 2 aromatic carbocycles. The van der Waals surface area contributed by atoms with Crippen molar-refractivity contribution in [1.82, 2.24) is 19.4 Å². The molecule has 0 bridgehead atoms. The Morgan fingerprint density at radius 2 is 1.78 bits per heavy atom. The summed E-state index contributed by atoms with van der Waals surface area (Å²) in [5.74, 6) is -1.32. The summed E-state index contributed by atoms with van der Waals surface area (Å²) in [6, 6.07) is 2.73. The zero-order valence-corrected chi connectivity index (χ0v) is 29.2. The van der Waals surface area contributed by atoms with Crippen molar-refractivity contribution in [2.45, 2.75) is 82.6 Å². The van der Waals surface area contributed by atoms with Gasteiger partial charge in [-0.05, 0) is 90.7 Å². The second-order valence-electron chi connectivity index (χ2n) is 14.3. The fraction of sp³-hybridized carbons (Fsp3) is 0.571. The van der Waals surface area contributed by atoms with Crippen molar-refractivity contribution >= 4 is 34.6 Å². The average Bonchev–Trinajstić information content (AvgIpc) is 3.02. The zero-order chi connectivity index (χ0) is 35.4. The van der Waals surface area contributed by atoms with E-state index in [9.17, 15) is 27.2 Å². The topological polar surface area (TPSA) is 70.9 Å². The van der Waals surface area contributed by atoms with E-state index in [-0.39, 0.29) is 52.9 Å². The van der Waals surface area contributed by atoms with E-state index < -0.39 is 52.4 Å². The molecule has 0 unspecified atom stereocenters. The van der Waals surface area contributed by atoms with E-state index in [1.165, 1.54) is 21.2 Å². The summed E-state index contributed by atoms with van der Waals surface area (Å²) in [5, 5.41) is 0.128. The van der Waals surface area contributed by atoms with Gasteiger partial charge in [0.2, 0.25) is 0 Å². The van der Waals surface area contributed by atoms with Gasteiger partial charge < -0.3 is 19.4 Å². The number of thioether (sulfide) groups is 1. The summed E-state index contributed by atoms with van der Waals surface area (Å²) in [7, 11) is 0. The average molecular weight is 708 g/mol. The van der Waals surface area contributed by atoms with E-state index in [2.05, 4.69) is 16.8 Å². The summed E-state index contributed by atoms with van der Waals surface area (Å²) < 4.78 is 81.3. The summed E-state index contributed by atoms with van der Waals surface area (Å²) >= 11 is 1.18. The molecule has 49 heavy (non-hydrogen) atoms. The van der Waals surface area contributed by atoms with Gasteiger partial charge in [0, 0.05) is 64.9 Å². The third kappa shape index (κ3) is 7.13. The first kappa shape index (κ1) is 35.4. The maximum Gasteiger partial charge on any atom is 0.417 e. The summed E-state index contributed by atoms with van der Waals surface area (Å²) in [6.07, 6.45) is -2.86. The molecular weight excluding hydrogens is 665 g/mol. The van der Waals surface area contributed by atoms with Crippen LogP contribution in [0, 0.1) is 17.6 Å². The van der Waals surface area contributed by atoms with Crippen molar-refractivity contribution < 1.29 is 31.5 Å². The molecule has 2 fully saturated rings. The van der Waals surface area contributed by atoms with Gasteiger partial charge in [-0.3, -0.25) is 4.57 Å². The van der Waals surface area contributed by atoms with Crippen molar-refractivity contribution in [3.63, 3.8) is 0 Å². The van der Waals surface area contributed by atoms with E-state index in [1.54, 1.807) is 25.7 Å². The van der Waals surface area contributed by atoms with Gasteiger partial charge in [-0.15, -0.1) is 11.8 Å². The van der Waals surface area contributed by atoms with Crippen LogP contribution >= 0.6 is 11.8 Å². The Morgan fingerprint density at radius 1 is 1.06 bits per heavy atom. The van der Waals surface area contributed by atoms with Crippen LogP contribution in [0.2, 0.25) is 0 Å². The van der Waals surface area contributed by atoms with Crippen LogP contribution in [0.25, 0.3) is 22.0 Å². The van der Waals surface area contributed by atoms with Crippen LogP contribution in [0.5, 0.6) is 0 Å². The van der Waals surface area contributed by atoms with E-state index >= 15 is 4.39 Å². The number of ether oxygens (including phenoxy) is 1. The molecule has 2 atom stereocenters. The maximum absolute atomic E-state index is 15.3. The fourth-order valence-corrected chi connectivity index (χ4v) is 8.71. The molecule has 0 radical (unpaired) electrons. The fourth-order valence-electron chi connectivity index (χ4n) is 7.35. The van der Waals surface area contributed by atoms with Gasteiger partial charge in [0.15, 0.2) is 0 Å². The molecule has 3 aliphatic heterocycles. The number of likely N-dealkylation sites (tertiary alicyclic amines) is 1. The first-order chi connectivity index (χ1) is 23.1. The van der Waals surface area contributed by atoms with Gasteiger partial charge in [0.05, 0.1) is 11.1 Å². The minimum Gasteiger partial charge on any atom is -0.444 e. The van der Waals surface area contributed by atoms with E-state index in [1.807, 2.05) is 6.92 Å². The number of piperidine rings is 1. The normalized spacial score (nSPS) is 21.0. The zero-order valence-electron chi connectivity index (χ0n) is 28.4. The van der Waals surface area contributed by atoms with Gasteiger partial charge in [0.25, 0.3) is 0 Å². The predicted molar refractivity (Wildman–Crippen MR) is 180 cm³/mol. The van der Waals surface area contributed by atoms with Crippen molar-refractivity contribution in [3.05, 3.63) is 51.9 Å². The molecule has 3 aromatic rings. The Bertz CT molecular complexity index is 1800. The van der Waals surface area contributed by atoms with Gasteiger partial charge in [-0.25, -0.2) is 18.4 Å².